The minimum absolute atomic E-state index is 0.516. The van der Waals surface area contributed by atoms with Crippen molar-refractivity contribution in [3.63, 3.8) is 0 Å². The SMILES string of the molecule is O=Cc1ccc(-c2cc(Br)ccc2OCc2ccccc2)cc1. The molecule has 0 bridgehead atoms. The Morgan fingerprint density at radius 3 is 2.35 bits per heavy atom. The van der Waals surface area contributed by atoms with Crippen LogP contribution >= 0.6 is 15.9 Å². The van der Waals surface area contributed by atoms with E-state index in [-0.39, 0.29) is 0 Å². The lowest BCUT2D eigenvalue weighted by molar-refractivity contribution is 0.112. The minimum atomic E-state index is 0.516. The van der Waals surface area contributed by atoms with Crippen LogP contribution in [0.15, 0.2) is 77.3 Å². The molecule has 0 unspecified atom stereocenters. The number of carbonyl (C=O) groups excluding carboxylic acids is 1. The van der Waals surface area contributed by atoms with Gasteiger partial charge in [-0.05, 0) is 29.3 Å². The Labute approximate surface area is 143 Å². The predicted molar refractivity (Wildman–Crippen MR) is 95.7 cm³/mol. The van der Waals surface area contributed by atoms with E-state index in [0.717, 1.165) is 33.2 Å². The number of hydrogen-bond acceptors (Lipinski definition) is 2. The smallest absolute Gasteiger partial charge is 0.150 e. The lowest BCUT2D eigenvalue weighted by Crippen LogP contribution is -1.97. The molecular weight excluding hydrogens is 352 g/mol. The van der Waals surface area contributed by atoms with E-state index in [1.807, 2.05) is 72.8 Å². The van der Waals surface area contributed by atoms with Crippen molar-refractivity contribution in [2.75, 3.05) is 0 Å². The summed E-state index contributed by atoms with van der Waals surface area (Å²) < 4.78 is 6.98. The highest BCUT2D eigenvalue weighted by Crippen LogP contribution is 2.33. The molecule has 0 N–H and O–H groups in total. The van der Waals surface area contributed by atoms with E-state index in [1.54, 1.807) is 0 Å². The van der Waals surface area contributed by atoms with Crippen LogP contribution in [0.2, 0.25) is 0 Å². The molecule has 0 spiro atoms. The van der Waals surface area contributed by atoms with Gasteiger partial charge in [0.15, 0.2) is 0 Å². The van der Waals surface area contributed by atoms with Crippen LogP contribution in [0.5, 0.6) is 5.75 Å². The topological polar surface area (TPSA) is 26.3 Å². The van der Waals surface area contributed by atoms with Gasteiger partial charge < -0.3 is 4.74 Å². The molecule has 0 atom stereocenters. The van der Waals surface area contributed by atoms with Crippen LogP contribution in [0.1, 0.15) is 15.9 Å². The molecule has 3 rings (SSSR count). The van der Waals surface area contributed by atoms with Crippen molar-refractivity contribution in [1.29, 1.82) is 0 Å². The quantitative estimate of drug-likeness (QED) is 0.556. The summed E-state index contributed by atoms with van der Waals surface area (Å²) in [7, 11) is 0. The number of rotatable bonds is 5. The molecule has 0 amide bonds. The standard InChI is InChI=1S/C20H15BrO2/c21-18-10-11-20(23-14-16-4-2-1-3-5-16)19(12-18)17-8-6-15(13-22)7-9-17/h1-13H,14H2. The van der Waals surface area contributed by atoms with E-state index in [2.05, 4.69) is 15.9 Å². The average molecular weight is 367 g/mol. The van der Waals surface area contributed by atoms with Crippen LogP contribution in [0.25, 0.3) is 11.1 Å². The normalized spacial score (nSPS) is 10.3. The maximum Gasteiger partial charge on any atom is 0.150 e. The van der Waals surface area contributed by atoms with Crippen LogP contribution in [0, 0.1) is 0 Å². The van der Waals surface area contributed by atoms with Crippen molar-refractivity contribution in [2.24, 2.45) is 0 Å². The molecule has 0 aromatic heterocycles. The van der Waals surface area contributed by atoms with Gasteiger partial charge in [0, 0.05) is 15.6 Å². The highest BCUT2D eigenvalue weighted by molar-refractivity contribution is 9.10. The first-order valence-electron chi connectivity index (χ1n) is 7.28. The second kappa shape index (κ2) is 7.25. The zero-order valence-corrected chi connectivity index (χ0v) is 14.0. The first-order valence-corrected chi connectivity index (χ1v) is 8.07. The highest BCUT2D eigenvalue weighted by atomic mass is 79.9. The summed E-state index contributed by atoms with van der Waals surface area (Å²) in [4.78, 5) is 10.8. The number of halogens is 1. The fraction of sp³-hybridized carbons (Fsp3) is 0.0500. The average Bonchev–Trinajstić information content (AvgIpc) is 2.61. The van der Waals surface area contributed by atoms with Gasteiger partial charge in [-0.15, -0.1) is 0 Å². The van der Waals surface area contributed by atoms with Crippen LogP contribution in [0.4, 0.5) is 0 Å². The fourth-order valence-corrected chi connectivity index (χ4v) is 2.69. The summed E-state index contributed by atoms with van der Waals surface area (Å²) in [6.07, 6.45) is 0.845. The molecule has 114 valence electrons. The summed E-state index contributed by atoms with van der Waals surface area (Å²) >= 11 is 3.51. The number of benzene rings is 3. The maximum atomic E-state index is 10.8. The van der Waals surface area contributed by atoms with E-state index in [4.69, 9.17) is 4.74 Å². The molecule has 3 aromatic carbocycles. The van der Waals surface area contributed by atoms with Crippen LogP contribution in [0.3, 0.4) is 0 Å². The molecule has 3 aromatic rings. The summed E-state index contributed by atoms with van der Waals surface area (Å²) in [5.41, 5.74) is 3.79. The van der Waals surface area contributed by atoms with Crippen LogP contribution in [-0.4, -0.2) is 6.29 Å². The van der Waals surface area contributed by atoms with E-state index in [1.165, 1.54) is 0 Å². The highest BCUT2D eigenvalue weighted by Gasteiger charge is 2.08. The second-order valence-electron chi connectivity index (χ2n) is 5.15. The van der Waals surface area contributed by atoms with E-state index >= 15 is 0 Å². The van der Waals surface area contributed by atoms with Gasteiger partial charge in [-0.3, -0.25) is 4.79 Å². The Balaban J connectivity index is 1.89. The van der Waals surface area contributed by atoms with Crippen molar-refractivity contribution in [3.8, 4) is 16.9 Å². The first kappa shape index (κ1) is 15.5. The van der Waals surface area contributed by atoms with Gasteiger partial charge in [0.05, 0.1) is 0 Å². The van der Waals surface area contributed by atoms with E-state index in [9.17, 15) is 4.79 Å². The Bertz CT molecular complexity index is 796. The molecule has 0 aliphatic carbocycles. The Kier molecular flexibility index (Phi) is 4.89. The molecule has 23 heavy (non-hydrogen) atoms. The third-order valence-electron chi connectivity index (χ3n) is 3.54. The summed E-state index contributed by atoms with van der Waals surface area (Å²) in [5.74, 6) is 0.816. The second-order valence-corrected chi connectivity index (χ2v) is 6.07. The summed E-state index contributed by atoms with van der Waals surface area (Å²) in [6.45, 7) is 0.516. The largest absolute Gasteiger partial charge is 0.488 e. The Morgan fingerprint density at radius 1 is 0.913 bits per heavy atom. The minimum Gasteiger partial charge on any atom is -0.488 e. The number of aldehydes is 1. The number of carbonyl (C=O) groups is 1. The van der Waals surface area contributed by atoms with Crippen LogP contribution in [-0.2, 0) is 6.61 Å². The van der Waals surface area contributed by atoms with Crippen molar-refractivity contribution in [2.45, 2.75) is 6.61 Å². The molecule has 0 radical (unpaired) electrons. The molecule has 3 heteroatoms. The van der Waals surface area contributed by atoms with Crippen molar-refractivity contribution in [3.05, 3.63) is 88.4 Å². The maximum absolute atomic E-state index is 10.8. The van der Waals surface area contributed by atoms with Gasteiger partial charge in [-0.2, -0.15) is 0 Å². The first-order chi connectivity index (χ1) is 11.3. The summed E-state index contributed by atoms with van der Waals surface area (Å²) in [6, 6.07) is 23.5. The van der Waals surface area contributed by atoms with E-state index < -0.39 is 0 Å². The van der Waals surface area contributed by atoms with Gasteiger partial charge in [0.2, 0.25) is 0 Å². The number of ether oxygens (including phenoxy) is 1. The van der Waals surface area contributed by atoms with Crippen molar-refractivity contribution in [1.82, 2.24) is 0 Å². The Hall–Kier alpha value is -2.39. The van der Waals surface area contributed by atoms with Crippen molar-refractivity contribution >= 4 is 22.2 Å². The molecule has 0 saturated heterocycles. The summed E-state index contributed by atoms with van der Waals surface area (Å²) in [5, 5.41) is 0. The lowest BCUT2D eigenvalue weighted by atomic mass is 10.0. The van der Waals surface area contributed by atoms with Gasteiger partial charge in [0.1, 0.15) is 18.6 Å². The predicted octanol–water partition coefficient (Wildman–Crippen LogP) is 5.51. The molecular formula is C20H15BrO2. The molecule has 0 saturated carbocycles. The van der Waals surface area contributed by atoms with Gasteiger partial charge in [0.25, 0.3) is 0 Å². The molecule has 0 fully saturated rings. The molecule has 0 aliphatic rings. The van der Waals surface area contributed by atoms with Gasteiger partial charge >= 0.3 is 0 Å². The molecule has 0 aliphatic heterocycles. The monoisotopic (exact) mass is 366 g/mol. The number of hydrogen-bond donors (Lipinski definition) is 0. The zero-order chi connectivity index (χ0) is 16.1. The lowest BCUT2D eigenvalue weighted by Gasteiger charge is -2.12. The fourth-order valence-electron chi connectivity index (χ4n) is 2.33. The third kappa shape index (κ3) is 3.88. The van der Waals surface area contributed by atoms with E-state index in [0.29, 0.717) is 12.2 Å². The van der Waals surface area contributed by atoms with Crippen LogP contribution < -0.4 is 4.74 Å². The van der Waals surface area contributed by atoms with Gasteiger partial charge in [-0.1, -0.05) is 70.5 Å². The Morgan fingerprint density at radius 2 is 1.65 bits per heavy atom. The molecule has 2 nitrogen and oxygen atoms in total. The molecule has 0 heterocycles. The third-order valence-corrected chi connectivity index (χ3v) is 4.03. The van der Waals surface area contributed by atoms with Crippen molar-refractivity contribution < 1.29 is 9.53 Å². The zero-order valence-electron chi connectivity index (χ0n) is 12.4. The van der Waals surface area contributed by atoms with Gasteiger partial charge in [-0.25, -0.2) is 0 Å².